The second kappa shape index (κ2) is 4.31. The monoisotopic (exact) mass is 235 g/mol. The lowest BCUT2D eigenvalue weighted by Crippen LogP contribution is -2.55. The van der Waals surface area contributed by atoms with E-state index in [9.17, 15) is 0 Å². The van der Waals surface area contributed by atoms with Gasteiger partial charge in [0.25, 0.3) is 0 Å². The number of hydrogen-bond donors (Lipinski definition) is 1. The highest BCUT2D eigenvalue weighted by Gasteiger charge is 2.38. The maximum Gasteiger partial charge on any atom is 0.118 e. The summed E-state index contributed by atoms with van der Waals surface area (Å²) in [5.41, 5.74) is 0.777. The van der Waals surface area contributed by atoms with Crippen LogP contribution in [0.4, 0.5) is 0 Å². The highest BCUT2D eigenvalue weighted by atomic mass is 16.5. The maximum atomic E-state index is 6.22. The Balaban J connectivity index is 2.24. The van der Waals surface area contributed by atoms with Crippen LogP contribution < -0.4 is 10.1 Å². The van der Waals surface area contributed by atoms with Crippen LogP contribution in [0.5, 0.6) is 5.75 Å². The molecule has 0 amide bonds. The van der Waals surface area contributed by atoms with Gasteiger partial charge in [-0.25, -0.2) is 0 Å². The van der Waals surface area contributed by atoms with E-state index in [-0.39, 0.29) is 11.2 Å². The largest absolute Gasteiger partial charge is 0.497 e. The smallest absolute Gasteiger partial charge is 0.118 e. The van der Waals surface area contributed by atoms with E-state index in [0.29, 0.717) is 0 Å². The van der Waals surface area contributed by atoms with E-state index in [1.807, 2.05) is 12.1 Å². The molecular formula is C14H21NO2. The van der Waals surface area contributed by atoms with Crippen LogP contribution in [0, 0.1) is 0 Å². The predicted octanol–water partition coefficient (Wildman–Crippen LogP) is 2.31. The maximum absolute atomic E-state index is 6.22. The molecule has 17 heavy (non-hydrogen) atoms. The Morgan fingerprint density at radius 2 is 1.76 bits per heavy atom. The van der Waals surface area contributed by atoms with E-state index in [1.165, 1.54) is 5.56 Å². The Kier molecular flexibility index (Phi) is 3.15. The fourth-order valence-electron chi connectivity index (χ4n) is 2.39. The van der Waals surface area contributed by atoms with Crippen LogP contribution in [-0.2, 0) is 10.3 Å². The zero-order valence-electron chi connectivity index (χ0n) is 11.0. The second-order valence-electron chi connectivity index (χ2n) is 5.42. The Hall–Kier alpha value is -1.06. The number of hydrogen-bond acceptors (Lipinski definition) is 3. The summed E-state index contributed by atoms with van der Waals surface area (Å²) < 4.78 is 11.4. The minimum absolute atomic E-state index is 0.132. The Morgan fingerprint density at radius 1 is 1.12 bits per heavy atom. The van der Waals surface area contributed by atoms with Crippen molar-refractivity contribution in [2.24, 2.45) is 0 Å². The van der Waals surface area contributed by atoms with Crippen LogP contribution in [0.2, 0.25) is 0 Å². The highest BCUT2D eigenvalue weighted by Crippen LogP contribution is 2.33. The lowest BCUT2D eigenvalue weighted by Gasteiger charge is -2.44. The molecule has 1 aromatic carbocycles. The fraction of sp³-hybridized carbons (Fsp3) is 0.571. The summed E-state index contributed by atoms with van der Waals surface area (Å²) in [4.78, 5) is 0. The van der Waals surface area contributed by atoms with Crippen molar-refractivity contribution >= 4 is 0 Å². The minimum Gasteiger partial charge on any atom is -0.497 e. The van der Waals surface area contributed by atoms with E-state index >= 15 is 0 Å². The standard InChI is InChI=1S/C14H21NO2/c1-13(2)9-15-10-14(3,17-13)11-5-7-12(16-4)8-6-11/h5-8,15H,9-10H2,1-4H3. The molecule has 1 N–H and O–H groups in total. The number of rotatable bonds is 2. The first-order chi connectivity index (χ1) is 7.95. The van der Waals surface area contributed by atoms with Crippen molar-refractivity contribution in [2.45, 2.75) is 32.0 Å². The van der Waals surface area contributed by atoms with Crippen molar-refractivity contribution in [3.63, 3.8) is 0 Å². The SMILES string of the molecule is COc1ccc(C2(C)CNCC(C)(C)O2)cc1. The third kappa shape index (κ3) is 2.61. The zero-order chi connectivity index (χ0) is 12.5. The van der Waals surface area contributed by atoms with Crippen LogP contribution in [-0.4, -0.2) is 25.8 Å². The van der Waals surface area contributed by atoms with Crippen molar-refractivity contribution in [1.82, 2.24) is 5.32 Å². The van der Waals surface area contributed by atoms with Crippen LogP contribution in [0.25, 0.3) is 0 Å². The summed E-state index contributed by atoms with van der Waals surface area (Å²) >= 11 is 0. The van der Waals surface area contributed by atoms with Gasteiger partial charge >= 0.3 is 0 Å². The third-order valence-corrected chi connectivity index (χ3v) is 3.22. The topological polar surface area (TPSA) is 30.5 Å². The van der Waals surface area contributed by atoms with Gasteiger partial charge < -0.3 is 14.8 Å². The summed E-state index contributed by atoms with van der Waals surface area (Å²) in [6, 6.07) is 8.10. The molecule has 1 aliphatic heterocycles. The molecule has 1 aromatic rings. The average molecular weight is 235 g/mol. The molecule has 1 fully saturated rings. The molecule has 94 valence electrons. The van der Waals surface area contributed by atoms with Gasteiger partial charge in [0.15, 0.2) is 0 Å². The van der Waals surface area contributed by atoms with Crippen LogP contribution in [0.1, 0.15) is 26.3 Å². The first-order valence-electron chi connectivity index (χ1n) is 6.01. The van der Waals surface area contributed by atoms with Crippen LogP contribution in [0.15, 0.2) is 24.3 Å². The molecule has 1 unspecified atom stereocenters. The molecule has 0 aliphatic carbocycles. The molecule has 1 heterocycles. The highest BCUT2D eigenvalue weighted by molar-refractivity contribution is 5.31. The van der Waals surface area contributed by atoms with Gasteiger partial charge in [-0.1, -0.05) is 12.1 Å². The fourth-order valence-corrected chi connectivity index (χ4v) is 2.39. The number of methoxy groups -OCH3 is 1. The number of nitrogens with one attached hydrogen (secondary N) is 1. The normalized spacial score (nSPS) is 27.8. The van der Waals surface area contributed by atoms with Crippen molar-refractivity contribution in [3.8, 4) is 5.75 Å². The number of morpholine rings is 1. The lowest BCUT2D eigenvalue weighted by molar-refractivity contribution is -0.157. The summed E-state index contributed by atoms with van der Waals surface area (Å²) in [5.74, 6) is 0.875. The van der Waals surface area contributed by atoms with E-state index in [2.05, 4.69) is 38.2 Å². The van der Waals surface area contributed by atoms with Gasteiger partial charge in [-0.05, 0) is 38.5 Å². The molecule has 3 nitrogen and oxygen atoms in total. The van der Waals surface area contributed by atoms with E-state index in [4.69, 9.17) is 9.47 Å². The molecule has 0 aromatic heterocycles. The van der Waals surface area contributed by atoms with Gasteiger partial charge in [0, 0.05) is 13.1 Å². The van der Waals surface area contributed by atoms with E-state index in [0.717, 1.165) is 18.8 Å². The summed E-state index contributed by atoms with van der Waals surface area (Å²) in [6.45, 7) is 8.08. The van der Waals surface area contributed by atoms with Crippen molar-refractivity contribution in [3.05, 3.63) is 29.8 Å². The van der Waals surface area contributed by atoms with Gasteiger partial charge in [0.05, 0.1) is 12.7 Å². The van der Waals surface area contributed by atoms with Crippen molar-refractivity contribution < 1.29 is 9.47 Å². The van der Waals surface area contributed by atoms with Gasteiger partial charge in [-0.3, -0.25) is 0 Å². The predicted molar refractivity (Wildman–Crippen MR) is 68.4 cm³/mol. The van der Waals surface area contributed by atoms with Crippen LogP contribution in [0.3, 0.4) is 0 Å². The molecule has 0 spiro atoms. The molecule has 0 radical (unpaired) electrons. The Morgan fingerprint density at radius 3 is 2.29 bits per heavy atom. The molecule has 1 aliphatic rings. The van der Waals surface area contributed by atoms with Crippen molar-refractivity contribution in [1.29, 1.82) is 0 Å². The van der Waals surface area contributed by atoms with E-state index < -0.39 is 0 Å². The quantitative estimate of drug-likeness (QED) is 0.853. The lowest BCUT2D eigenvalue weighted by atomic mass is 9.91. The Bertz CT molecular complexity index is 386. The van der Waals surface area contributed by atoms with Crippen LogP contribution >= 0.6 is 0 Å². The summed E-state index contributed by atoms with van der Waals surface area (Å²) in [7, 11) is 1.68. The van der Waals surface area contributed by atoms with Gasteiger partial charge in [0.2, 0.25) is 0 Å². The van der Waals surface area contributed by atoms with Gasteiger partial charge in [-0.2, -0.15) is 0 Å². The zero-order valence-corrected chi connectivity index (χ0v) is 11.0. The molecule has 1 atom stereocenters. The number of benzene rings is 1. The Labute approximate surface area is 103 Å². The third-order valence-electron chi connectivity index (χ3n) is 3.22. The molecule has 2 rings (SSSR count). The second-order valence-corrected chi connectivity index (χ2v) is 5.42. The number of ether oxygens (including phenoxy) is 2. The first kappa shape index (κ1) is 12.4. The van der Waals surface area contributed by atoms with Gasteiger partial charge in [-0.15, -0.1) is 0 Å². The summed E-state index contributed by atoms with van der Waals surface area (Å²) in [5, 5.41) is 3.44. The molecule has 3 heteroatoms. The van der Waals surface area contributed by atoms with Gasteiger partial charge in [0.1, 0.15) is 11.4 Å². The molecule has 0 saturated carbocycles. The van der Waals surface area contributed by atoms with E-state index in [1.54, 1.807) is 7.11 Å². The summed E-state index contributed by atoms with van der Waals surface area (Å²) in [6.07, 6.45) is 0. The molecular weight excluding hydrogens is 214 g/mol. The van der Waals surface area contributed by atoms with Crippen molar-refractivity contribution in [2.75, 3.05) is 20.2 Å². The minimum atomic E-state index is -0.270. The average Bonchev–Trinajstić information content (AvgIpc) is 2.27. The molecule has 1 saturated heterocycles. The first-order valence-corrected chi connectivity index (χ1v) is 6.01. The molecule has 0 bridgehead atoms.